The van der Waals surface area contributed by atoms with Gasteiger partial charge in [0.25, 0.3) is 5.91 Å². The molecule has 1 fully saturated rings. The average Bonchev–Trinajstić information content (AvgIpc) is 3.01. The summed E-state index contributed by atoms with van der Waals surface area (Å²) in [6, 6.07) is 1.71. The van der Waals surface area contributed by atoms with Crippen LogP contribution in [0.5, 0.6) is 0 Å². The molecule has 9 nitrogen and oxygen atoms in total. The first-order chi connectivity index (χ1) is 11.0. The number of amides is 6. The maximum atomic E-state index is 12.5. The summed E-state index contributed by atoms with van der Waals surface area (Å²) in [5.41, 5.74) is -1.91. The number of imide groups is 2. The van der Waals surface area contributed by atoms with Crippen LogP contribution in [0.4, 0.5) is 9.59 Å². The monoisotopic (exact) mass is 336 g/mol. The van der Waals surface area contributed by atoms with Crippen LogP contribution < -0.4 is 16.0 Å². The summed E-state index contributed by atoms with van der Waals surface area (Å²) in [5.74, 6) is -1.15. The molecule has 1 aliphatic heterocycles. The van der Waals surface area contributed by atoms with Crippen LogP contribution >= 0.6 is 0 Å². The highest BCUT2D eigenvalue weighted by molar-refractivity contribution is 6.09. The van der Waals surface area contributed by atoms with E-state index in [9.17, 15) is 19.2 Å². The van der Waals surface area contributed by atoms with Gasteiger partial charge in [0.15, 0.2) is 5.54 Å². The summed E-state index contributed by atoms with van der Waals surface area (Å²) >= 11 is 0. The lowest BCUT2D eigenvalue weighted by molar-refractivity contribution is -0.135. The van der Waals surface area contributed by atoms with Crippen molar-refractivity contribution in [3.8, 4) is 0 Å². The lowest BCUT2D eigenvalue weighted by Gasteiger charge is -2.21. The molecule has 1 aromatic rings. The molecule has 0 aromatic carbocycles. The largest absolute Gasteiger partial charge is 0.466 e. The van der Waals surface area contributed by atoms with Crippen molar-refractivity contribution in [2.75, 3.05) is 6.54 Å². The predicted octanol–water partition coefficient (Wildman–Crippen LogP) is 0.671. The van der Waals surface area contributed by atoms with E-state index in [-0.39, 0.29) is 5.76 Å². The van der Waals surface area contributed by atoms with Gasteiger partial charge in [-0.3, -0.25) is 19.8 Å². The summed E-state index contributed by atoms with van der Waals surface area (Å²) < 4.78 is 5.18. The highest BCUT2D eigenvalue weighted by Crippen LogP contribution is 2.28. The van der Waals surface area contributed by atoms with Crippen LogP contribution in [0.15, 0.2) is 22.8 Å². The fourth-order valence-corrected chi connectivity index (χ4v) is 2.25. The fourth-order valence-electron chi connectivity index (χ4n) is 2.25. The van der Waals surface area contributed by atoms with Gasteiger partial charge < -0.3 is 15.1 Å². The molecule has 2 heterocycles. The lowest BCUT2D eigenvalue weighted by atomic mass is 9.99. The Morgan fingerprint density at radius 2 is 2.00 bits per heavy atom. The minimum Gasteiger partial charge on any atom is -0.466 e. The number of furan rings is 1. The molecule has 0 spiro atoms. The van der Waals surface area contributed by atoms with E-state index in [2.05, 4.69) is 16.0 Å². The molecule has 0 radical (unpaired) electrons. The maximum absolute atomic E-state index is 12.5. The van der Waals surface area contributed by atoms with Crippen molar-refractivity contribution in [1.29, 1.82) is 0 Å². The first kappa shape index (κ1) is 17.5. The molecule has 130 valence electrons. The third-order valence-electron chi connectivity index (χ3n) is 3.33. The Hall–Kier alpha value is -2.84. The van der Waals surface area contributed by atoms with Crippen molar-refractivity contribution in [2.24, 2.45) is 0 Å². The van der Waals surface area contributed by atoms with Gasteiger partial charge in [-0.25, -0.2) is 9.59 Å². The lowest BCUT2D eigenvalue weighted by Crippen LogP contribution is -2.51. The number of nitrogens with one attached hydrogen (secondary N) is 3. The first-order valence-corrected chi connectivity index (χ1v) is 7.33. The minimum absolute atomic E-state index is 0.259. The van der Waals surface area contributed by atoms with Gasteiger partial charge in [-0.05, 0) is 39.8 Å². The summed E-state index contributed by atoms with van der Waals surface area (Å²) in [4.78, 5) is 48.8. The second-order valence-corrected chi connectivity index (χ2v) is 6.68. The van der Waals surface area contributed by atoms with Crippen LogP contribution in [0.3, 0.4) is 0 Å². The second kappa shape index (κ2) is 5.99. The van der Waals surface area contributed by atoms with Crippen LogP contribution in [0.2, 0.25) is 0 Å². The van der Waals surface area contributed by atoms with Crippen molar-refractivity contribution in [1.82, 2.24) is 20.9 Å². The molecule has 0 saturated carbocycles. The van der Waals surface area contributed by atoms with Gasteiger partial charge in [0.05, 0.1) is 6.26 Å². The zero-order chi connectivity index (χ0) is 18.1. The highest BCUT2D eigenvalue weighted by Gasteiger charge is 2.51. The van der Waals surface area contributed by atoms with E-state index in [1.165, 1.54) is 13.2 Å². The molecule has 9 heteroatoms. The van der Waals surface area contributed by atoms with E-state index in [0.29, 0.717) is 0 Å². The van der Waals surface area contributed by atoms with Gasteiger partial charge in [0.2, 0.25) is 5.91 Å². The maximum Gasteiger partial charge on any atom is 0.325 e. The van der Waals surface area contributed by atoms with Crippen molar-refractivity contribution >= 4 is 23.9 Å². The predicted molar refractivity (Wildman–Crippen MR) is 82.7 cm³/mol. The Morgan fingerprint density at radius 1 is 1.33 bits per heavy atom. The number of rotatable bonds is 3. The number of nitrogens with zero attached hydrogens (tertiary/aromatic N) is 1. The molecule has 3 N–H and O–H groups in total. The molecule has 1 aliphatic rings. The molecule has 1 unspecified atom stereocenters. The Labute approximate surface area is 138 Å². The van der Waals surface area contributed by atoms with Gasteiger partial charge in [0, 0.05) is 5.54 Å². The molecule has 24 heavy (non-hydrogen) atoms. The highest BCUT2D eigenvalue weighted by atomic mass is 16.3. The van der Waals surface area contributed by atoms with Crippen LogP contribution in [0.1, 0.15) is 33.5 Å². The Bertz CT molecular complexity index is 677. The molecule has 1 aromatic heterocycles. The Balaban J connectivity index is 2.03. The molecule has 1 saturated heterocycles. The van der Waals surface area contributed by atoms with Crippen LogP contribution in [0.25, 0.3) is 0 Å². The molecule has 0 aliphatic carbocycles. The standard InChI is InChI=1S/C15H20N4O5/c1-14(2,3)17-12(22)16-10(20)8-19-11(21)15(4,18-13(19)23)9-6-5-7-24-9/h5-7H,8H2,1-4H3,(H,18,23)(H2,16,17,20,22). The topological polar surface area (TPSA) is 121 Å². The van der Waals surface area contributed by atoms with Gasteiger partial charge in [-0.2, -0.15) is 0 Å². The third kappa shape index (κ3) is 3.55. The molecular formula is C15H20N4O5. The van der Waals surface area contributed by atoms with Crippen molar-refractivity contribution in [3.63, 3.8) is 0 Å². The van der Waals surface area contributed by atoms with Gasteiger partial charge in [-0.15, -0.1) is 0 Å². The normalized spacial score (nSPS) is 20.8. The fraction of sp³-hybridized carbons (Fsp3) is 0.467. The Morgan fingerprint density at radius 3 is 2.54 bits per heavy atom. The molecule has 1 atom stereocenters. The van der Waals surface area contributed by atoms with Gasteiger partial charge >= 0.3 is 12.1 Å². The van der Waals surface area contributed by atoms with Crippen LogP contribution in [-0.2, 0) is 15.1 Å². The summed E-state index contributed by atoms with van der Waals surface area (Å²) in [6.45, 7) is 6.17. The van der Waals surface area contributed by atoms with Gasteiger partial charge in [0.1, 0.15) is 12.3 Å². The molecule has 2 rings (SSSR count). The van der Waals surface area contributed by atoms with E-state index < -0.39 is 41.5 Å². The van der Waals surface area contributed by atoms with Crippen molar-refractivity contribution < 1.29 is 23.6 Å². The molecular weight excluding hydrogens is 316 g/mol. The number of hydrogen-bond donors (Lipinski definition) is 3. The van der Waals surface area contributed by atoms with E-state index in [4.69, 9.17) is 4.42 Å². The second-order valence-electron chi connectivity index (χ2n) is 6.68. The summed E-state index contributed by atoms with van der Waals surface area (Å²) in [5, 5.41) is 7.12. The molecule has 0 bridgehead atoms. The number of urea groups is 2. The quantitative estimate of drug-likeness (QED) is 0.701. The third-order valence-corrected chi connectivity index (χ3v) is 3.33. The summed E-state index contributed by atoms with van der Waals surface area (Å²) in [6.07, 6.45) is 1.38. The van der Waals surface area contributed by atoms with Crippen LogP contribution in [0, 0.1) is 0 Å². The zero-order valence-corrected chi connectivity index (χ0v) is 13.9. The number of carbonyl (C=O) groups is 4. The first-order valence-electron chi connectivity index (χ1n) is 7.33. The SMILES string of the molecule is CC(C)(C)NC(=O)NC(=O)CN1C(=O)NC(C)(c2ccco2)C1=O. The Kier molecular flexibility index (Phi) is 4.37. The van der Waals surface area contributed by atoms with E-state index >= 15 is 0 Å². The van der Waals surface area contributed by atoms with E-state index in [1.54, 1.807) is 32.9 Å². The summed E-state index contributed by atoms with van der Waals surface area (Å²) in [7, 11) is 0. The smallest absolute Gasteiger partial charge is 0.325 e. The van der Waals surface area contributed by atoms with Crippen LogP contribution in [-0.4, -0.2) is 40.9 Å². The zero-order valence-electron chi connectivity index (χ0n) is 13.9. The number of carbonyl (C=O) groups excluding carboxylic acids is 4. The minimum atomic E-state index is -1.38. The number of hydrogen-bond acceptors (Lipinski definition) is 5. The van der Waals surface area contributed by atoms with E-state index in [1.807, 2.05) is 0 Å². The van der Waals surface area contributed by atoms with E-state index in [0.717, 1.165) is 4.90 Å². The molecule has 6 amide bonds. The average molecular weight is 336 g/mol. The van der Waals surface area contributed by atoms with Crippen molar-refractivity contribution in [2.45, 2.75) is 38.8 Å². The van der Waals surface area contributed by atoms with Gasteiger partial charge in [-0.1, -0.05) is 0 Å². The van der Waals surface area contributed by atoms with Crippen molar-refractivity contribution in [3.05, 3.63) is 24.2 Å².